The van der Waals surface area contributed by atoms with Gasteiger partial charge in [-0.15, -0.1) is 0 Å². The van der Waals surface area contributed by atoms with Crippen molar-refractivity contribution in [2.45, 2.75) is 0 Å². The Labute approximate surface area is 127 Å². The summed E-state index contributed by atoms with van der Waals surface area (Å²) < 4.78 is 13.3. The van der Waals surface area contributed by atoms with Crippen molar-refractivity contribution in [2.75, 3.05) is 5.32 Å². The van der Waals surface area contributed by atoms with Crippen molar-refractivity contribution in [3.8, 4) is 0 Å². The van der Waals surface area contributed by atoms with Gasteiger partial charge in [-0.3, -0.25) is 4.79 Å². The molecule has 0 aliphatic heterocycles. The van der Waals surface area contributed by atoms with E-state index >= 15 is 0 Å². The van der Waals surface area contributed by atoms with Gasteiger partial charge < -0.3 is 5.32 Å². The van der Waals surface area contributed by atoms with Crippen molar-refractivity contribution < 1.29 is 9.18 Å². The summed E-state index contributed by atoms with van der Waals surface area (Å²) in [5, 5.41) is 3.45. The van der Waals surface area contributed by atoms with Gasteiger partial charge in [0.25, 0.3) is 5.91 Å². The van der Waals surface area contributed by atoms with Crippen molar-refractivity contribution >= 4 is 50.7 Å². The molecule has 19 heavy (non-hydrogen) atoms. The Kier molecular flexibility index (Phi) is 4.45. The molecule has 0 aromatic heterocycles. The van der Waals surface area contributed by atoms with Gasteiger partial charge in [0.05, 0.1) is 15.2 Å². The lowest BCUT2D eigenvalue weighted by Crippen LogP contribution is -2.12. The first kappa shape index (κ1) is 14.3. The fourth-order valence-corrected chi connectivity index (χ4v) is 2.14. The third kappa shape index (κ3) is 3.47. The molecule has 0 saturated carbocycles. The third-order valence-corrected chi connectivity index (χ3v) is 3.53. The van der Waals surface area contributed by atoms with Crippen molar-refractivity contribution in [1.82, 2.24) is 0 Å². The SMILES string of the molecule is O=C(Nc1cc(Cl)ccc1Cl)c1ccc(F)c(Br)c1. The van der Waals surface area contributed by atoms with Crippen LogP contribution in [-0.2, 0) is 0 Å². The summed E-state index contributed by atoms with van der Waals surface area (Å²) >= 11 is 14.8. The third-order valence-electron chi connectivity index (χ3n) is 2.36. The van der Waals surface area contributed by atoms with Crippen LogP contribution in [0.2, 0.25) is 10.0 Å². The van der Waals surface area contributed by atoms with Crippen LogP contribution in [0.25, 0.3) is 0 Å². The molecule has 1 N–H and O–H groups in total. The van der Waals surface area contributed by atoms with E-state index < -0.39 is 11.7 Å². The number of carbonyl (C=O) groups is 1. The van der Waals surface area contributed by atoms with E-state index in [0.29, 0.717) is 21.3 Å². The molecular formula is C13H7BrCl2FNO. The highest BCUT2D eigenvalue weighted by Gasteiger charge is 2.11. The average molecular weight is 363 g/mol. The molecule has 0 fully saturated rings. The molecule has 2 nitrogen and oxygen atoms in total. The molecule has 0 aliphatic rings. The number of rotatable bonds is 2. The minimum atomic E-state index is -0.433. The van der Waals surface area contributed by atoms with Gasteiger partial charge in [-0.2, -0.15) is 0 Å². The largest absolute Gasteiger partial charge is 0.321 e. The minimum Gasteiger partial charge on any atom is -0.321 e. The van der Waals surface area contributed by atoms with Crippen LogP contribution in [0.1, 0.15) is 10.4 Å². The summed E-state index contributed by atoms with van der Waals surface area (Å²) in [6.45, 7) is 0. The molecule has 0 heterocycles. The maximum atomic E-state index is 13.1. The van der Waals surface area contributed by atoms with E-state index in [9.17, 15) is 9.18 Å². The summed E-state index contributed by atoms with van der Waals surface area (Å²) in [6, 6.07) is 8.73. The maximum Gasteiger partial charge on any atom is 0.255 e. The number of anilines is 1. The number of nitrogens with one attached hydrogen (secondary N) is 1. The lowest BCUT2D eigenvalue weighted by Gasteiger charge is -2.08. The van der Waals surface area contributed by atoms with Gasteiger partial charge >= 0.3 is 0 Å². The first-order chi connectivity index (χ1) is 8.97. The average Bonchev–Trinajstić information content (AvgIpc) is 2.37. The molecule has 0 aliphatic carbocycles. The standard InChI is InChI=1S/C13H7BrCl2FNO/c14-9-5-7(1-4-11(9)17)13(19)18-12-6-8(15)2-3-10(12)16/h1-6H,(H,18,19). The number of hydrogen-bond acceptors (Lipinski definition) is 1. The van der Waals surface area contributed by atoms with Gasteiger partial charge in [0, 0.05) is 10.6 Å². The van der Waals surface area contributed by atoms with Gasteiger partial charge in [-0.25, -0.2) is 4.39 Å². The van der Waals surface area contributed by atoms with Crippen LogP contribution >= 0.6 is 39.1 Å². The lowest BCUT2D eigenvalue weighted by atomic mass is 10.2. The highest BCUT2D eigenvalue weighted by Crippen LogP contribution is 2.26. The van der Waals surface area contributed by atoms with Crippen LogP contribution < -0.4 is 5.32 Å². The highest BCUT2D eigenvalue weighted by molar-refractivity contribution is 9.10. The zero-order chi connectivity index (χ0) is 14.0. The van der Waals surface area contributed by atoms with Crippen molar-refractivity contribution in [3.05, 3.63) is 62.3 Å². The van der Waals surface area contributed by atoms with Gasteiger partial charge in [-0.1, -0.05) is 23.2 Å². The van der Waals surface area contributed by atoms with Gasteiger partial charge in [0.2, 0.25) is 0 Å². The first-order valence-electron chi connectivity index (χ1n) is 5.19. The Balaban J connectivity index is 2.25. The van der Waals surface area contributed by atoms with Crippen molar-refractivity contribution in [3.63, 3.8) is 0 Å². The Bertz CT molecular complexity index is 649. The van der Waals surface area contributed by atoms with Crippen LogP contribution in [0, 0.1) is 5.82 Å². The fourth-order valence-electron chi connectivity index (χ4n) is 1.43. The van der Waals surface area contributed by atoms with Gasteiger partial charge in [-0.05, 0) is 52.3 Å². The van der Waals surface area contributed by atoms with Gasteiger partial charge in [0.15, 0.2) is 0 Å². The summed E-state index contributed by atoms with van der Waals surface area (Å²) in [5.74, 6) is -0.831. The second-order valence-electron chi connectivity index (χ2n) is 3.71. The quantitative estimate of drug-likeness (QED) is 0.786. The monoisotopic (exact) mass is 361 g/mol. The van der Waals surface area contributed by atoms with E-state index in [2.05, 4.69) is 21.2 Å². The summed E-state index contributed by atoms with van der Waals surface area (Å²) in [5.41, 5.74) is 0.712. The Hall–Kier alpha value is -1.10. The summed E-state index contributed by atoms with van der Waals surface area (Å²) in [7, 11) is 0. The highest BCUT2D eigenvalue weighted by atomic mass is 79.9. The smallest absolute Gasteiger partial charge is 0.255 e. The predicted molar refractivity (Wildman–Crippen MR) is 78.5 cm³/mol. The number of carbonyl (C=O) groups excluding carboxylic acids is 1. The van der Waals surface area contributed by atoms with E-state index in [4.69, 9.17) is 23.2 Å². The molecule has 2 aromatic carbocycles. The summed E-state index contributed by atoms with van der Waals surface area (Å²) in [4.78, 5) is 12.0. The van der Waals surface area contributed by atoms with E-state index in [0.717, 1.165) is 0 Å². The van der Waals surface area contributed by atoms with Crippen LogP contribution in [-0.4, -0.2) is 5.91 Å². The molecule has 0 bridgehead atoms. The number of hydrogen-bond donors (Lipinski definition) is 1. The van der Waals surface area contributed by atoms with Crippen LogP contribution in [0.3, 0.4) is 0 Å². The fraction of sp³-hybridized carbons (Fsp3) is 0. The maximum absolute atomic E-state index is 13.1. The van der Waals surface area contributed by atoms with E-state index in [-0.39, 0.29) is 4.47 Å². The normalized spacial score (nSPS) is 10.3. The minimum absolute atomic E-state index is 0.220. The molecule has 0 saturated heterocycles. The summed E-state index contributed by atoms with van der Waals surface area (Å²) in [6.07, 6.45) is 0. The topological polar surface area (TPSA) is 29.1 Å². The Morgan fingerprint density at radius 2 is 1.89 bits per heavy atom. The molecule has 1 amide bonds. The van der Waals surface area contributed by atoms with E-state index in [1.807, 2.05) is 0 Å². The van der Waals surface area contributed by atoms with E-state index in [1.165, 1.54) is 18.2 Å². The zero-order valence-electron chi connectivity index (χ0n) is 9.38. The Morgan fingerprint density at radius 3 is 2.58 bits per heavy atom. The molecule has 6 heteroatoms. The molecule has 0 radical (unpaired) electrons. The van der Waals surface area contributed by atoms with Crippen LogP contribution in [0.5, 0.6) is 0 Å². The molecule has 0 spiro atoms. The predicted octanol–water partition coefficient (Wildman–Crippen LogP) is 5.15. The zero-order valence-corrected chi connectivity index (χ0v) is 12.5. The van der Waals surface area contributed by atoms with Crippen LogP contribution in [0.15, 0.2) is 40.9 Å². The molecule has 98 valence electrons. The van der Waals surface area contributed by atoms with Gasteiger partial charge in [0.1, 0.15) is 5.82 Å². The van der Waals surface area contributed by atoms with Crippen LogP contribution in [0.4, 0.5) is 10.1 Å². The molecular weight excluding hydrogens is 356 g/mol. The van der Waals surface area contributed by atoms with E-state index in [1.54, 1.807) is 18.2 Å². The second-order valence-corrected chi connectivity index (χ2v) is 5.41. The number of amides is 1. The Morgan fingerprint density at radius 1 is 1.16 bits per heavy atom. The second kappa shape index (κ2) is 5.90. The molecule has 0 atom stereocenters. The first-order valence-corrected chi connectivity index (χ1v) is 6.74. The van der Waals surface area contributed by atoms with Crippen molar-refractivity contribution in [1.29, 1.82) is 0 Å². The number of benzene rings is 2. The molecule has 0 unspecified atom stereocenters. The lowest BCUT2D eigenvalue weighted by molar-refractivity contribution is 0.102. The van der Waals surface area contributed by atoms with Crippen molar-refractivity contribution in [2.24, 2.45) is 0 Å². The molecule has 2 rings (SSSR count). The molecule has 2 aromatic rings. The number of halogens is 4.